The average Bonchev–Trinajstić information content (AvgIpc) is 2.29. The highest BCUT2D eigenvalue weighted by atomic mass is 79.9. The molecule has 1 unspecified atom stereocenters. The molecule has 0 heterocycles. The molecule has 0 saturated carbocycles. The van der Waals surface area contributed by atoms with Crippen molar-refractivity contribution in [2.45, 2.75) is 52.9 Å². The highest BCUT2D eigenvalue weighted by Gasteiger charge is 2.18. The Kier molecular flexibility index (Phi) is 6.51. The summed E-state index contributed by atoms with van der Waals surface area (Å²) in [5.41, 5.74) is 1.33. The molecule has 0 saturated heterocycles. The van der Waals surface area contributed by atoms with Gasteiger partial charge in [-0.05, 0) is 38.3 Å². The monoisotopic (exact) mass is 327 g/mol. The Morgan fingerprint density at radius 1 is 1.21 bits per heavy atom. The van der Waals surface area contributed by atoms with Crippen LogP contribution in [-0.4, -0.2) is 18.2 Å². The van der Waals surface area contributed by atoms with E-state index in [0.717, 1.165) is 11.0 Å². The molecule has 3 heteroatoms. The van der Waals surface area contributed by atoms with Crippen molar-refractivity contribution in [3.8, 4) is 0 Å². The maximum absolute atomic E-state index is 6.07. The Bertz CT molecular complexity index is 385. The molecule has 1 aromatic carbocycles. The maximum atomic E-state index is 6.07. The van der Waals surface area contributed by atoms with Gasteiger partial charge in [0.05, 0.1) is 12.7 Å². The van der Waals surface area contributed by atoms with Gasteiger partial charge in [0.2, 0.25) is 0 Å². The van der Waals surface area contributed by atoms with Crippen LogP contribution in [0, 0.1) is 5.92 Å². The first-order chi connectivity index (χ1) is 8.79. The highest BCUT2D eigenvalue weighted by Crippen LogP contribution is 2.18. The van der Waals surface area contributed by atoms with E-state index in [2.05, 4.69) is 68.0 Å². The average molecular weight is 328 g/mol. The van der Waals surface area contributed by atoms with Crippen LogP contribution in [0.2, 0.25) is 0 Å². The molecule has 108 valence electrons. The van der Waals surface area contributed by atoms with Crippen LogP contribution < -0.4 is 5.32 Å². The second kappa shape index (κ2) is 7.41. The second-order valence-electron chi connectivity index (χ2n) is 6.32. The lowest BCUT2D eigenvalue weighted by atomic mass is 10.0. The standard InChI is InChI=1S/C16H26BrNO/c1-12(2)15(10-18-16(3,4)5)19-11-13-8-6-7-9-14(13)17/h6-9,12,15,18H,10-11H2,1-5H3. The molecule has 0 bridgehead atoms. The quantitative estimate of drug-likeness (QED) is 0.837. The SMILES string of the molecule is CC(C)C(CNC(C)(C)C)OCc1ccccc1Br. The summed E-state index contributed by atoms with van der Waals surface area (Å²) in [6, 6.07) is 8.21. The molecule has 0 aliphatic carbocycles. The number of ether oxygens (including phenoxy) is 1. The minimum atomic E-state index is 0.129. The van der Waals surface area contributed by atoms with Gasteiger partial charge in [0.15, 0.2) is 0 Å². The number of rotatable bonds is 6. The van der Waals surface area contributed by atoms with Gasteiger partial charge in [-0.3, -0.25) is 0 Å². The van der Waals surface area contributed by atoms with Crippen molar-refractivity contribution in [2.75, 3.05) is 6.54 Å². The zero-order valence-corrected chi connectivity index (χ0v) is 14.3. The minimum Gasteiger partial charge on any atom is -0.372 e. The first kappa shape index (κ1) is 16.7. The van der Waals surface area contributed by atoms with Crippen LogP contribution >= 0.6 is 15.9 Å². The van der Waals surface area contributed by atoms with Crippen molar-refractivity contribution < 1.29 is 4.74 Å². The van der Waals surface area contributed by atoms with Gasteiger partial charge in [-0.15, -0.1) is 0 Å². The number of benzene rings is 1. The molecule has 0 aliphatic heterocycles. The smallest absolute Gasteiger partial charge is 0.0732 e. The Labute approximate surface area is 126 Å². The predicted molar refractivity (Wildman–Crippen MR) is 85.3 cm³/mol. The van der Waals surface area contributed by atoms with E-state index in [0.29, 0.717) is 12.5 Å². The van der Waals surface area contributed by atoms with E-state index < -0.39 is 0 Å². The van der Waals surface area contributed by atoms with Crippen molar-refractivity contribution in [1.29, 1.82) is 0 Å². The number of nitrogens with one attached hydrogen (secondary N) is 1. The summed E-state index contributed by atoms with van der Waals surface area (Å²) in [6.07, 6.45) is 0.228. The first-order valence-electron chi connectivity index (χ1n) is 6.89. The van der Waals surface area contributed by atoms with Gasteiger partial charge in [0, 0.05) is 16.6 Å². The van der Waals surface area contributed by atoms with E-state index >= 15 is 0 Å². The Hall–Kier alpha value is -0.380. The van der Waals surface area contributed by atoms with Crippen LogP contribution in [0.3, 0.4) is 0 Å². The summed E-state index contributed by atoms with van der Waals surface area (Å²) >= 11 is 3.56. The van der Waals surface area contributed by atoms with Gasteiger partial charge < -0.3 is 10.1 Å². The topological polar surface area (TPSA) is 21.3 Å². The van der Waals surface area contributed by atoms with Crippen LogP contribution in [0.25, 0.3) is 0 Å². The second-order valence-corrected chi connectivity index (χ2v) is 7.17. The Balaban J connectivity index is 2.53. The van der Waals surface area contributed by atoms with Crippen molar-refractivity contribution in [3.05, 3.63) is 34.3 Å². The number of hydrogen-bond acceptors (Lipinski definition) is 2. The fourth-order valence-electron chi connectivity index (χ4n) is 1.71. The lowest BCUT2D eigenvalue weighted by Gasteiger charge is -2.27. The van der Waals surface area contributed by atoms with Gasteiger partial charge in [0.1, 0.15) is 0 Å². The summed E-state index contributed by atoms with van der Waals surface area (Å²) in [6.45, 7) is 12.5. The van der Waals surface area contributed by atoms with Crippen LogP contribution in [0.5, 0.6) is 0 Å². The maximum Gasteiger partial charge on any atom is 0.0732 e. The molecule has 2 nitrogen and oxygen atoms in total. The molecule has 0 aliphatic rings. The first-order valence-corrected chi connectivity index (χ1v) is 7.69. The van der Waals surface area contributed by atoms with Gasteiger partial charge in [-0.1, -0.05) is 48.0 Å². The van der Waals surface area contributed by atoms with Crippen LogP contribution in [0.4, 0.5) is 0 Å². The summed E-state index contributed by atoms with van der Waals surface area (Å²) < 4.78 is 7.19. The molecule has 0 spiro atoms. The van der Waals surface area contributed by atoms with E-state index in [1.54, 1.807) is 0 Å². The molecule has 1 atom stereocenters. The normalized spacial score (nSPS) is 13.8. The minimum absolute atomic E-state index is 0.129. The molecule has 0 amide bonds. The van der Waals surface area contributed by atoms with E-state index in [-0.39, 0.29) is 11.6 Å². The fourth-order valence-corrected chi connectivity index (χ4v) is 2.11. The third-order valence-corrected chi connectivity index (χ3v) is 3.76. The van der Waals surface area contributed by atoms with E-state index in [9.17, 15) is 0 Å². The van der Waals surface area contributed by atoms with E-state index in [1.807, 2.05) is 12.1 Å². The van der Waals surface area contributed by atoms with Gasteiger partial charge in [-0.2, -0.15) is 0 Å². The molecule has 1 aromatic rings. The molecule has 0 fully saturated rings. The van der Waals surface area contributed by atoms with Gasteiger partial charge in [-0.25, -0.2) is 0 Å². The fraction of sp³-hybridized carbons (Fsp3) is 0.625. The third kappa shape index (κ3) is 6.55. The summed E-state index contributed by atoms with van der Waals surface area (Å²) in [7, 11) is 0. The lowest BCUT2D eigenvalue weighted by Crippen LogP contribution is -2.43. The molecule has 19 heavy (non-hydrogen) atoms. The van der Waals surface area contributed by atoms with Crippen molar-refractivity contribution >= 4 is 15.9 Å². The lowest BCUT2D eigenvalue weighted by molar-refractivity contribution is 0.00762. The Morgan fingerprint density at radius 2 is 1.84 bits per heavy atom. The predicted octanol–water partition coefficient (Wildman–Crippen LogP) is 4.38. The van der Waals surface area contributed by atoms with Gasteiger partial charge in [0.25, 0.3) is 0 Å². The molecule has 1 N–H and O–H groups in total. The number of halogens is 1. The summed E-state index contributed by atoms with van der Waals surface area (Å²) in [5.74, 6) is 0.498. The van der Waals surface area contributed by atoms with Crippen molar-refractivity contribution in [3.63, 3.8) is 0 Å². The zero-order valence-electron chi connectivity index (χ0n) is 12.7. The van der Waals surface area contributed by atoms with E-state index in [1.165, 1.54) is 5.56 Å². The van der Waals surface area contributed by atoms with Gasteiger partial charge >= 0.3 is 0 Å². The largest absolute Gasteiger partial charge is 0.372 e. The Morgan fingerprint density at radius 3 is 2.37 bits per heavy atom. The zero-order chi connectivity index (χ0) is 14.5. The van der Waals surface area contributed by atoms with Crippen LogP contribution in [0.1, 0.15) is 40.2 Å². The molecule has 0 aromatic heterocycles. The molecular weight excluding hydrogens is 302 g/mol. The molecule has 1 rings (SSSR count). The number of hydrogen-bond donors (Lipinski definition) is 1. The third-order valence-electron chi connectivity index (χ3n) is 2.99. The van der Waals surface area contributed by atoms with Crippen molar-refractivity contribution in [2.24, 2.45) is 5.92 Å². The van der Waals surface area contributed by atoms with Crippen LogP contribution in [-0.2, 0) is 11.3 Å². The highest BCUT2D eigenvalue weighted by molar-refractivity contribution is 9.10. The summed E-state index contributed by atoms with van der Waals surface area (Å²) in [4.78, 5) is 0. The van der Waals surface area contributed by atoms with Crippen LogP contribution in [0.15, 0.2) is 28.7 Å². The van der Waals surface area contributed by atoms with Crippen molar-refractivity contribution in [1.82, 2.24) is 5.32 Å². The van der Waals surface area contributed by atoms with E-state index in [4.69, 9.17) is 4.74 Å². The molecule has 0 radical (unpaired) electrons. The summed E-state index contributed by atoms with van der Waals surface area (Å²) in [5, 5.41) is 3.52. The molecular formula is C16H26BrNO.